The van der Waals surface area contributed by atoms with E-state index in [1.54, 1.807) is 18.2 Å². The molecule has 0 fully saturated rings. The van der Waals surface area contributed by atoms with Crippen LogP contribution in [0.4, 0.5) is 15.8 Å². The Morgan fingerprint density at radius 2 is 2.00 bits per heavy atom. The Hall–Kier alpha value is -2.76. The van der Waals surface area contributed by atoms with Gasteiger partial charge in [-0.15, -0.1) is 0 Å². The Kier molecular flexibility index (Phi) is 3.74. The van der Waals surface area contributed by atoms with Gasteiger partial charge in [0.15, 0.2) is 0 Å². The number of nitro benzene ring substituents is 1. The fourth-order valence-corrected chi connectivity index (χ4v) is 1.74. The number of halogens is 1. The topological polar surface area (TPSA) is 72.2 Å². The molecule has 0 saturated carbocycles. The molecule has 0 aromatic heterocycles. The number of nitrogens with zero attached hydrogens (tertiary/aromatic N) is 1. The van der Waals surface area contributed by atoms with Crippen molar-refractivity contribution in [1.82, 2.24) is 0 Å². The van der Waals surface area contributed by atoms with E-state index < -0.39 is 22.3 Å². The van der Waals surface area contributed by atoms with Gasteiger partial charge in [-0.1, -0.05) is 17.7 Å². The van der Waals surface area contributed by atoms with Crippen molar-refractivity contribution in [3.05, 3.63) is 69.5 Å². The number of aryl methyl sites for hydroxylation is 1. The Balaban J connectivity index is 2.30. The Bertz CT molecular complexity index is 686. The predicted molar refractivity (Wildman–Crippen MR) is 72.2 cm³/mol. The lowest BCUT2D eigenvalue weighted by Crippen LogP contribution is -2.13. The van der Waals surface area contributed by atoms with E-state index in [1.807, 2.05) is 13.0 Å². The molecular formula is C14H11FN2O3. The Morgan fingerprint density at radius 1 is 1.25 bits per heavy atom. The molecule has 102 valence electrons. The van der Waals surface area contributed by atoms with Crippen molar-refractivity contribution in [2.24, 2.45) is 0 Å². The zero-order chi connectivity index (χ0) is 14.7. The van der Waals surface area contributed by atoms with Gasteiger partial charge < -0.3 is 5.32 Å². The smallest absolute Gasteiger partial charge is 0.295 e. The van der Waals surface area contributed by atoms with Gasteiger partial charge in [0.1, 0.15) is 11.5 Å². The molecule has 2 rings (SSSR count). The van der Waals surface area contributed by atoms with Crippen LogP contribution in [0.15, 0.2) is 42.5 Å². The molecule has 0 aliphatic heterocycles. The van der Waals surface area contributed by atoms with E-state index in [2.05, 4.69) is 5.32 Å². The van der Waals surface area contributed by atoms with E-state index in [-0.39, 0.29) is 5.69 Å². The average molecular weight is 274 g/mol. The summed E-state index contributed by atoms with van der Waals surface area (Å²) < 4.78 is 13.0. The first-order valence-electron chi connectivity index (χ1n) is 5.79. The van der Waals surface area contributed by atoms with Crippen LogP contribution in [0, 0.1) is 22.9 Å². The minimum absolute atomic E-state index is 0.0390. The fourth-order valence-electron chi connectivity index (χ4n) is 1.74. The van der Waals surface area contributed by atoms with Crippen LogP contribution >= 0.6 is 0 Å². The molecule has 2 aromatic carbocycles. The highest BCUT2D eigenvalue weighted by atomic mass is 19.1. The number of carbonyl (C=O) groups is 1. The maximum absolute atomic E-state index is 13.0. The van der Waals surface area contributed by atoms with Crippen molar-refractivity contribution in [3.8, 4) is 0 Å². The molecular weight excluding hydrogens is 263 g/mol. The number of anilines is 1. The van der Waals surface area contributed by atoms with E-state index >= 15 is 0 Å². The first-order chi connectivity index (χ1) is 9.47. The van der Waals surface area contributed by atoms with Crippen molar-refractivity contribution in [3.63, 3.8) is 0 Å². The number of carbonyl (C=O) groups excluding carboxylic acids is 1. The first kappa shape index (κ1) is 13.7. The molecule has 0 aliphatic carbocycles. The largest absolute Gasteiger partial charge is 0.316 e. The van der Waals surface area contributed by atoms with Gasteiger partial charge in [-0.2, -0.15) is 0 Å². The predicted octanol–water partition coefficient (Wildman–Crippen LogP) is 3.29. The number of benzene rings is 2. The quantitative estimate of drug-likeness (QED) is 0.689. The summed E-state index contributed by atoms with van der Waals surface area (Å²) in [7, 11) is 0. The number of hydrogen-bond acceptors (Lipinski definition) is 3. The monoisotopic (exact) mass is 274 g/mol. The maximum atomic E-state index is 13.0. The second kappa shape index (κ2) is 5.48. The Morgan fingerprint density at radius 3 is 2.65 bits per heavy atom. The third kappa shape index (κ3) is 2.97. The second-order valence-corrected chi connectivity index (χ2v) is 4.24. The Labute approximate surface area is 114 Å². The summed E-state index contributed by atoms with van der Waals surface area (Å²) in [5.41, 5.74) is 0.754. The molecule has 0 bridgehead atoms. The van der Waals surface area contributed by atoms with Gasteiger partial charge in [0, 0.05) is 5.56 Å². The van der Waals surface area contributed by atoms with Gasteiger partial charge in [-0.25, -0.2) is 4.39 Å². The molecule has 6 heteroatoms. The number of hydrogen-bond donors (Lipinski definition) is 1. The van der Waals surface area contributed by atoms with Gasteiger partial charge in [0.25, 0.3) is 11.6 Å². The maximum Gasteiger partial charge on any atom is 0.295 e. The van der Waals surface area contributed by atoms with E-state index in [9.17, 15) is 19.3 Å². The average Bonchev–Trinajstić information content (AvgIpc) is 2.40. The summed E-state index contributed by atoms with van der Waals surface area (Å²) in [5, 5.41) is 13.2. The minimum atomic E-state index is -0.741. The lowest BCUT2D eigenvalue weighted by molar-refractivity contribution is -0.384. The molecule has 0 radical (unpaired) electrons. The molecule has 0 spiro atoms. The lowest BCUT2D eigenvalue weighted by atomic mass is 10.1. The number of rotatable bonds is 3. The highest BCUT2D eigenvalue weighted by Crippen LogP contribution is 2.25. The summed E-state index contributed by atoms with van der Waals surface area (Å²) in [4.78, 5) is 22.1. The van der Waals surface area contributed by atoms with E-state index in [4.69, 9.17) is 0 Å². The van der Waals surface area contributed by atoms with Gasteiger partial charge >= 0.3 is 0 Å². The highest BCUT2D eigenvalue weighted by molar-refractivity contribution is 6.05. The molecule has 20 heavy (non-hydrogen) atoms. The third-order valence-corrected chi connectivity index (χ3v) is 2.68. The molecule has 2 aromatic rings. The summed E-state index contributed by atoms with van der Waals surface area (Å²) in [5.74, 6) is -1.21. The lowest BCUT2D eigenvalue weighted by Gasteiger charge is -2.06. The van der Waals surface area contributed by atoms with E-state index in [0.29, 0.717) is 5.56 Å². The van der Waals surface area contributed by atoms with E-state index in [1.165, 1.54) is 6.07 Å². The minimum Gasteiger partial charge on any atom is -0.316 e. The first-order valence-corrected chi connectivity index (χ1v) is 5.79. The van der Waals surface area contributed by atoms with Crippen molar-refractivity contribution >= 4 is 17.3 Å². The summed E-state index contributed by atoms with van der Waals surface area (Å²) >= 11 is 0. The van der Waals surface area contributed by atoms with Crippen LogP contribution in [0.5, 0.6) is 0 Å². The van der Waals surface area contributed by atoms with Crippen molar-refractivity contribution in [2.45, 2.75) is 6.92 Å². The number of nitrogens with one attached hydrogen (secondary N) is 1. The van der Waals surface area contributed by atoms with Gasteiger partial charge in [-0.3, -0.25) is 14.9 Å². The molecule has 0 heterocycles. The van der Waals surface area contributed by atoms with Crippen LogP contribution in [-0.4, -0.2) is 10.8 Å². The molecule has 1 amide bonds. The zero-order valence-electron chi connectivity index (χ0n) is 10.6. The standard InChI is InChI=1S/C14H11FN2O3/c1-9-3-2-4-10(7-9)14(18)16-12-6-5-11(15)8-13(12)17(19)20/h2-8H,1H3,(H,16,18). The third-order valence-electron chi connectivity index (χ3n) is 2.68. The SMILES string of the molecule is Cc1cccc(C(=O)Nc2ccc(F)cc2[N+](=O)[O-])c1. The van der Waals surface area contributed by atoms with Crippen LogP contribution < -0.4 is 5.32 Å². The van der Waals surface area contributed by atoms with Gasteiger partial charge in [-0.05, 0) is 31.2 Å². The second-order valence-electron chi connectivity index (χ2n) is 4.24. The molecule has 0 aliphatic rings. The molecule has 0 saturated heterocycles. The van der Waals surface area contributed by atoms with Crippen LogP contribution in [-0.2, 0) is 0 Å². The van der Waals surface area contributed by atoms with Crippen LogP contribution in [0.25, 0.3) is 0 Å². The molecule has 0 atom stereocenters. The summed E-state index contributed by atoms with van der Waals surface area (Å²) in [6, 6.07) is 9.79. The number of amides is 1. The van der Waals surface area contributed by atoms with Crippen LogP contribution in [0.1, 0.15) is 15.9 Å². The molecule has 0 unspecified atom stereocenters. The zero-order valence-corrected chi connectivity index (χ0v) is 10.6. The molecule has 1 N–H and O–H groups in total. The number of nitro groups is 1. The van der Waals surface area contributed by atoms with E-state index in [0.717, 1.165) is 17.7 Å². The van der Waals surface area contributed by atoms with Crippen molar-refractivity contribution in [1.29, 1.82) is 0 Å². The summed E-state index contributed by atoms with van der Waals surface area (Å²) in [6.07, 6.45) is 0. The summed E-state index contributed by atoms with van der Waals surface area (Å²) in [6.45, 7) is 1.83. The van der Waals surface area contributed by atoms with Crippen molar-refractivity contribution in [2.75, 3.05) is 5.32 Å². The van der Waals surface area contributed by atoms with Crippen molar-refractivity contribution < 1.29 is 14.1 Å². The molecule has 5 nitrogen and oxygen atoms in total. The highest BCUT2D eigenvalue weighted by Gasteiger charge is 2.17. The van der Waals surface area contributed by atoms with Crippen LogP contribution in [0.3, 0.4) is 0 Å². The van der Waals surface area contributed by atoms with Gasteiger partial charge in [0.05, 0.1) is 11.0 Å². The van der Waals surface area contributed by atoms with Crippen LogP contribution in [0.2, 0.25) is 0 Å². The normalized spacial score (nSPS) is 10.1. The van der Waals surface area contributed by atoms with Gasteiger partial charge in [0.2, 0.25) is 0 Å². The fraction of sp³-hybridized carbons (Fsp3) is 0.0714.